The molecule has 0 saturated carbocycles. The van der Waals surface area contributed by atoms with Gasteiger partial charge in [0.25, 0.3) is 0 Å². The van der Waals surface area contributed by atoms with Crippen molar-refractivity contribution < 1.29 is 24.1 Å². The summed E-state index contributed by atoms with van der Waals surface area (Å²) in [5.74, 6) is 0.819. The summed E-state index contributed by atoms with van der Waals surface area (Å²) in [5.41, 5.74) is 2.20. The molecule has 1 N–H and O–H groups in total. The van der Waals surface area contributed by atoms with E-state index in [1.54, 1.807) is 26.4 Å². The molecule has 0 aliphatic rings. The Labute approximate surface area is 141 Å². The lowest BCUT2D eigenvalue weighted by molar-refractivity contribution is 0.104. The molecule has 0 heterocycles. The van der Waals surface area contributed by atoms with Crippen LogP contribution in [0.1, 0.15) is 21.5 Å². The second-order valence-electron chi connectivity index (χ2n) is 5.09. The summed E-state index contributed by atoms with van der Waals surface area (Å²) >= 11 is 0. The number of hydrogen-bond acceptors (Lipinski definition) is 5. The van der Waals surface area contributed by atoms with Crippen molar-refractivity contribution in [2.45, 2.75) is 6.61 Å². The van der Waals surface area contributed by atoms with Crippen LogP contribution in [0, 0.1) is 0 Å². The molecule has 0 saturated heterocycles. The summed E-state index contributed by atoms with van der Waals surface area (Å²) < 4.78 is 15.4. The molecule has 5 nitrogen and oxygen atoms in total. The van der Waals surface area contributed by atoms with E-state index in [0.29, 0.717) is 12.2 Å². The van der Waals surface area contributed by atoms with E-state index in [-0.39, 0.29) is 17.3 Å². The number of carbonyl (C=O) groups excluding carboxylic acids is 1. The number of allylic oxidation sites excluding steroid dienone is 1. The highest BCUT2D eigenvalue weighted by atomic mass is 16.5. The van der Waals surface area contributed by atoms with Crippen molar-refractivity contribution in [1.82, 2.24) is 0 Å². The molecule has 2 aromatic carbocycles. The highest BCUT2D eigenvalue weighted by Gasteiger charge is 2.08. The third-order valence-corrected chi connectivity index (χ3v) is 3.50. The van der Waals surface area contributed by atoms with E-state index >= 15 is 0 Å². The van der Waals surface area contributed by atoms with Crippen LogP contribution in [0.5, 0.6) is 17.2 Å². The van der Waals surface area contributed by atoms with E-state index in [0.717, 1.165) is 16.9 Å². The summed E-state index contributed by atoms with van der Waals surface area (Å²) in [6, 6.07) is 10.1. The standard InChI is InChI=1S/C19H20O5/c1-22-12-15-10-13(5-9-18(15)23-2)4-7-16(20)14-6-8-17(21)19(11-14)24-3/h4-11,21H,12H2,1-3H3/b7-4+. The van der Waals surface area contributed by atoms with Crippen molar-refractivity contribution >= 4 is 11.9 Å². The summed E-state index contributed by atoms with van der Waals surface area (Å²) in [4.78, 5) is 12.3. The Morgan fingerprint density at radius 3 is 2.46 bits per heavy atom. The van der Waals surface area contributed by atoms with E-state index in [4.69, 9.17) is 14.2 Å². The van der Waals surface area contributed by atoms with E-state index in [9.17, 15) is 9.90 Å². The zero-order chi connectivity index (χ0) is 17.5. The molecule has 0 aliphatic carbocycles. The van der Waals surface area contributed by atoms with Gasteiger partial charge >= 0.3 is 0 Å². The number of benzene rings is 2. The number of ether oxygens (including phenoxy) is 3. The summed E-state index contributed by atoms with van der Waals surface area (Å²) in [5, 5.41) is 9.58. The molecule has 0 spiro atoms. The fourth-order valence-electron chi connectivity index (χ4n) is 2.27. The van der Waals surface area contributed by atoms with Crippen LogP contribution in [0.25, 0.3) is 6.08 Å². The molecule has 2 rings (SSSR count). The number of aromatic hydroxyl groups is 1. The highest BCUT2D eigenvalue weighted by Crippen LogP contribution is 2.27. The van der Waals surface area contributed by atoms with Gasteiger partial charge in [-0.2, -0.15) is 0 Å². The Hall–Kier alpha value is -2.79. The maximum Gasteiger partial charge on any atom is 0.185 e. The Kier molecular flexibility index (Phi) is 5.98. The fraction of sp³-hybridized carbons (Fsp3) is 0.211. The minimum absolute atomic E-state index is 0.00242. The number of carbonyl (C=O) groups is 1. The lowest BCUT2D eigenvalue weighted by Crippen LogP contribution is -1.96. The van der Waals surface area contributed by atoms with Crippen molar-refractivity contribution in [2.24, 2.45) is 0 Å². The maximum atomic E-state index is 12.3. The van der Waals surface area contributed by atoms with Gasteiger partial charge in [-0.3, -0.25) is 4.79 Å². The second-order valence-corrected chi connectivity index (χ2v) is 5.09. The number of hydrogen-bond donors (Lipinski definition) is 1. The van der Waals surface area contributed by atoms with Gasteiger partial charge in [0.15, 0.2) is 17.3 Å². The predicted octanol–water partition coefficient (Wildman–Crippen LogP) is 3.45. The molecular weight excluding hydrogens is 308 g/mol. The number of ketones is 1. The highest BCUT2D eigenvalue weighted by molar-refractivity contribution is 6.07. The summed E-state index contributed by atoms with van der Waals surface area (Å²) in [6.07, 6.45) is 3.20. The molecule has 0 radical (unpaired) electrons. The minimum Gasteiger partial charge on any atom is -0.504 e. The Morgan fingerprint density at radius 2 is 1.79 bits per heavy atom. The van der Waals surface area contributed by atoms with E-state index < -0.39 is 0 Å². The third kappa shape index (κ3) is 4.14. The van der Waals surface area contributed by atoms with E-state index in [1.165, 1.54) is 25.3 Å². The number of phenolic OH excluding ortho intramolecular Hbond substituents is 1. The van der Waals surface area contributed by atoms with Crippen molar-refractivity contribution in [1.29, 1.82) is 0 Å². The lowest BCUT2D eigenvalue weighted by Gasteiger charge is -2.08. The summed E-state index contributed by atoms with van der Waals surface area (Å²) in [7, 11) is 4.66. The van der Waals surface area contributed by atoms with Crippen LogP contribution < -0.4 is 9.47 Å². The zero-order valence-electron chi connectivity index (χ0n) is 13.9. The molecule has 0 fully saturated rings. The van der Waals surface area contributed by atoms with Crippen molar-refractivity contribution in [3.63, 3.8) is 0 Å². The average Bonchev–Trinajstić information content (AvgIpc) is 2.60. The molecule has 126 valence electrons. The van der Waals surface area contributed by atoms with Gasteiger partial charge in [-0.15, -0.1) is 0 Å². The Bertz CT molecular complexity index is 749. The van der Waals surface area contributed by atoms with Crippen LogP contribution in [0.15, 0.2) is 42.5 Å². The van der Waals surface area contributed by atoms with E-state index in [1.807, 2.05) is 18.2 Å². The topological polar surface area (TPSA) is 65.0 Å². The van der Waals surface area contributed by atoms with Gasteiger partial charge in [0, 0.05) is 18.2 Å². The van der Waals surface area contributed by atoms with Gasteiger partial charge in [-0.05, 0) is 42.0 Å². The van der Waals surface area contributed by atoms with E-state index in [2.05, 4.69) is 0 Å². The van der Waals surface area contributed by atoms with Crippen LogP contribution in [0.4, 0.5) is 0 Å². The van der Waals surface area contributed by atoms with Gasteiger partial charge in [0.2, 0.25) is 0 Å². The first kappa shape index (κ1) is 17.6. The first-order valence-corrected chi connectivity index (χ1v) is 7.34. The van der Waals surface area contributed by atoms with Crippen LogP contribution in [0.3, 0.4) is 0 Å². The molecule has 0 bridgehead atoms. The number of phenols is 1. The molecule has 0 unspecified atom stereocenters. The molecule has 0 aliphatic heterocycles. The van der Waals surface area contributed by atoms with Crippen molar-refractivity contribution in [2.75, 3.05) is 21.3 Å². The van der Waals surface area contributed by atoms with Gasteiger partial charge in [-0.1, -0.05) is 12.1 Å². The monoisotopic (exact) mass is 328 g/mol. The van der Waals surface area contributed by atoms with Crippen molar-refractivity contribution in [3.8, 4) is 17.2 Å². The number of rotatable bonds is 7. The number of methoxy groups -OCH3 is 3. The Morgan fingerprint density at radius 1 is 1.04 bits per heavy atom. The van der Waals surface area contributed by atoms with Crippen LogP contribution in [0.2, 0.25) is 0 Å². The first-order valence-electron chi connectivity index (χ1n) is 7.34. The molecule has 2 aromatic rings. The third-order valence-electron chi connectivity index (χ3n) is 3.50. The summed E-state index contributed by atoms with van der Waals surface area (Å²) in [6.45, 7) is 0.425. The zero-order valence-corrected chi connectivity index (χ0v) is 13.9. The molecule has 0 aromatic heterocycles. The molecule has 24 heavy (non-hydrogen) atoms. The normalized spacial score (nSPS) is 10.8. The molecule has 0 amide bonds. The molecule has 5 heteroatoms. The van der Waals surface area contributed by atoms with Crippen molar-refractivity contribution in [3.05, 3.63) is 59.2 Å². The maximum absolute atomic E-state index is 12.3. The largest absolute Gasteiger partial charge is 0.504 e. The second kappa shape index (κ2) is 8.17. The smallest absolute Gasteiger partial charge is 0.185 e. The fourth-order valence-corrected chi connectivity index (χ4v) is 2.27. The molecular formula is C19H20O5. The average molecular weight is 328 g/mol. The Balaban J connectivity index is 2.21. The first-order chi connectivity index (χ1) is 11.6. The van der Waals surface area contributed by atoms with Gasteiger partial charge in [0.1, 0.15) is 5.75 Å². The van der Waals surface area contributed by atoms with Crippen LogP contribution in [-0.2, 0) is 11.3 Å². The van der Waals surface area contributed by atoms with Crippen LogP contribution >= 0.6 is 0 Å². The van der Waals surface area contributed by atoms with Gasteiger partial charge in [0.05, 0.1) is 20.8 Å². The van der Waals surface area contributed by atoms with Gasteiger partial charge < -0.3 is 19.3 Å². The quantitative estimate of drug-likeness (QED) is 0.623. The lowest BCUT2D eigenvalue weighted by atomic mass is 10.1. The minimum atomic E-state index is -0.183. The van der Waals surface area contributed by atoms with Crippen LogP contribution in [-0.4, -0.2) is 32.2 Å². The SMILES string of the molecule is COCc1cc(/C=C/C(=O)c2ccc(O)c(OC)c2)ccc1OC. The predicted molar refractivity (Wildman–Crippen MR) is 91.7 cm³/mol. The van der Waals surface area contributed by atoms with Gasteiger partial charge in [-0.25, -0.2) is 0 Å². The molecule has 0 atom stereocenters.